The zero-order valence-corrected chi connectivity index (χ0v) is 11.5. The molecule has 2 atom stereocenters. The second-order valence-corrected chi connectivity index (χ2v) is 5.17. The van der Waals surface area contributed by atoms with Crippen LogP contribution in [0, 0.1) is 0 Å². The second kappa shape index (κ2) is 8.31. The van der Waals surface area contributed by atoms with E-state index in [1.165, 1.54) is 5.56 Å². The van der Waals surface area contributed by atoms with Gasteiger partial charge in [-0.1, -0.05) is 30.3 Å². The number of aliphatic hydroxyl groups excluding tert-OH is 1. The molecule has 0 bridgehead atoms. The van der Waals surface area contributed by atoms with E-state index in [1.54, 1.807) is 0 Å². The van der Waals surface area contributed by atoms with Crippen molar-refractivity contribution < 1.29 is 14.6 Å². The van der Waals surface area contributed by atoms with Crippen LogP contribution < -0.4 is 0 Å². The van der Waals surface area contributed by atoms with E-state index >= 15 is 0 Å². The molecular weight excluding hydrogens is 240 g/mol. The van der Waals surface area contributed by atoms with E-state index in [0.717, 1.165) is 38.7 Å². The van der Waals surface area contributed by atoms with Crippen LogP contribution in [0.2, 0.25) is 0 Å². The summed E-state index contributed by atoms with van der Waals surface area (Å²) in [5, 5.41) is 8.99. The summed E-state index contributed by atoms with van der Waals surface area (Å²) in [6.45, 7) is 1.68. The van der Waals surface area contributed by atoms with Crippen molar-refractivity contribution in [3.63, 3.8) is 0 Å². The molecule has 19 heavy (non-hydrogen) atoms. The maximum absolute atomic E-state index is 8.99. The zero-order valence-electron chi connectivity index (χ0n) is 11.5. The van der Waals surface area contributed by atoms with Crippen molar-refractivity contribution in [2.45, 2.75) is 50.9 Å². The minimum absolute atomic E-state index is 0.0827. The predicted molar refractivity (Wildman–Crippen MR) is 74.9 cm³/mol. The van der Waals surface area contributed by atoms with Gasteiger partial charge in [0.1, 0.15) is 0 Å². The molecule has 1 unspecified atom stereocenters. The van der Waals surface area contributed by atoms with Crippen molar-refractivity contribution in [1.82, 2.24) is 0 Å². The number of benzene rings is 1. The Kier molecular flexibility index (Phi) is 6.34. The summed E-state index contributed by atoms with van der Waals surface area (Å²) in [4.78, 5) is 0. The SMILES string of the molecule is OC[C@H]1CCC(CCCCOCc2ccccc2)O1. The van der Waals surface area contributed by atoms with Crippen LogP contribution in [0.25, 0.3) is 0 Å². The van der Waals surface area contributed by atoms with Gasteiger partial charge in [0.15, 0.2) is 0 Å². The first kappa shape index (κ1) is 14.5. The third-order valence-electron chi connectivity index (χ3n) is 3.58. The quantitative estimate of drug-likeness (QED) is 0.734. The monoisotopic (exact) mass is 264 g/mol. The van der Waals surface area contributed by atoms with Crippen molar-refractivity contribution in [3.05, 3.63) is 35.9 Å². The highest BCUT2D eigenvalue weighted by atomic mass is 16.5. The van der Waals surface area contributed by atoms with Gasteiger partial charge >= 0.3 is 0 Å². The molecular formula is C16H24O3. The lowest BCUT2D eigenvalue weighted by atomic mass is 10.1. The average molecular weight is 264 g/mol. The average Bonchev–Trinajstić information content (AvgIpc) is 2.92. The fourth-order valence-corrected chi connectivity index (χ4v) is 2.47. The first-order valence-electron chi connectivity index (χ1n) is 7.26. The molecule has 1 saturated heterocycles. The first-order valence-corrected chi connectivity index (χ1v) is 7.26. The number of rotatable bonds is 8. The highest BCUT2D eigenvalue weighted by Gasteiger charge is 2.23. The maximum atomic E-state index is 8.99. The number of aliphatic hydroxyl groups is 1. The lowest BCUT2D eigenvalue weighted by molar-refractivity contribution is 0.00654. The van der Waals surface area contributed by atoms with E-state index in [2.05, 4.69) is 12.1 Å². The van der Waals surface area contributed by atoms with E-state index in [4.69, 9.17) is 14.6 Å². The van der Waals surface area contributed by atoms with Gasteiger partial charge in [-0.2, -0.15) is 0 Å². The lowest BCUT2D eigenvalue weighted by Gasteiger charge is -2.11. The molecule has 0 aliphatic carbocycles. The number of ether oxygens (including phenoxy) is 2. The first-order chi connectivity index (χ1) is 9.38. The van der Waals surface area contributed by atoms with Gasteiger partial charge in [0, 0.05) is 6.61 Å². The second-order valence-electron chi connectivity index (χ2n) is 5.17. The third kappa shape index (κ3) is 5.31. The van der Waals surface area contributed by atoms with Crippen LogP contribution in [-0.2, 0) is 16.1 Å². The molecule has 0 aromatic heterocycles. The van der Waals surface area contributed by atoms with Gasteiger partial charge < -0.3 is 14.6 Å². The fraction of sp³-hybridized carbons (Fsp3) is 0.625. The minimum Gasteiger partial charge on any atom is -0.394 e. The molecule has 3 heteroatoms. The van der Waals surface area contributed by atoms with E-state index in [0.29, 0.717) is 12.7 Å². The molecule has 106 valence electrons. The Hall–Kier alpha value is -0.900. The van der Waals surface area contributed by atoms with Crippen LogP contribution >= 0.6 is 0 Å². The van der Waals surface area contributed by atoms with E-state index in [1.807, 2.05) is 18.2 Å². The largest absolute Gasteiger partial charge is 0.394 e. The lowest BCUT2D eigenvalue weighted by Crippen LogP contribution is -2.14. The Morgan fingerprint density at radius 2 is 1.89 bits per heavy atom. The molecule has 1 aliphatic heterocycles. The summed E-state index contributed by atoms with van der Waals surface area (Å²) >= 11 is 0. The van der Waals surface area contributed by atoms with Crippen molar-refractivity contribution in [2.24, 2.45) is 0 Å². The van der Waals surface area contributed by atoms with Crippen LogP contribution in [0.1, 0.15) is 37.7 Å². The Morgan fingerprint density at radius 1 is 1.11 bits per heavy atom. The Labute approximate surface area is 115 Å². The van der Waals surface area contributed by atoms with Crippen LogP contribution in [0.4, 0.5) is 0 Å². The summed E-state index contributed by atoms with van der Waals surface area (Å²) in [6, 6.07) is 10.3. The third-order valence-corrected chi connectivity index (χ3v) is 3.58. The summed E-state index contributed by atoms with van der Waals surface area (Å²) in [5.41, 5.74) is 1.23. The van der Waals surface area contributed by atoms with Crippen LogP contribution in [0.3, 0.4) is 0 Å². The molecule has 3 nitrogen and oxygen atoms in total. The molecule has 1 N–H and O–H groups in total. The van der Waals surface area contributed by atoms with Crippen LogP contribution in [0.5, 0.6) is 0 Å². The molecule has 0 saturated carbocycles. The molecule has 1 aliphatic rings. The number of unbranched alkanes of at least 4 members (excludes halogenated alkanes) is 1. The van der Waals surface area contributed by atoms with Crippen molar-refractivity contribution >= 4 is 0 Å². The van der Waals surface area contributed by atoms with Crippen LogP contribution in [0.15, 0.2) is 30.3 Å². The molecule has 1 aromatic carbocycles. The van der Waals surface area contributed by atoms with Crippen LogP contribution in [-0.4, -0.2) is 30.5 Å². The van der Waals surface area contributed by atoms with Gasteiger partial charge in [-0.25, -0.2) is 0 Å². The maximum Gasteiger partial charge on any atom is 0.0810 e. The Morgan fingerprint density at radius 3 is 2.63 bits per heavy atom. The predicted octanol–water partition coefficient (Wildman–Crippen LogP) is 2.91. The van der Waals surface area contributed by atoms with Gasteiger partial charge in [0.25, 0.3) is 0 Å². The normalized spacial score (nSPS) is 22.8. The van der Waals surface area contributed by atoms with Crippen molar-refractivity contribution in [1.29, 1.82) is 0 Å². The van der Waals surface area contributed by atoms with Gasteiger partial charge in [-0.15, -0.1) is 0 Å². The fourth-order valence-electron chi connectivity index (χ4n) is 2.47. The molecule has 2 rings (SSSR count). The molecule has 1 fully saturated rings. The van der Waals surface area contributed by atoms with Gasteiger partial charge in [-0.05, 0) is 37.7 Å². The standard InChI is InChI=1S/C16H24O3/c17-12-16-10-9-15(19-16)8-4-5-11-18-13-14-6-2-1-3-7-14/h1-3,6-7,15-17H,4-5,8-13H2/t15?,16-/m1/s1. The summed E-state index contributed by atoms with van der Waals surface area (Å²) in [7, 11) is 0. The minimum atomic E-state index is 0.0827. The molecule has 0 spiro atoms. The summed E-state index contributed by atoms with van der Waals surface area (Å²) in [5.74, 6) is 0. The highest BCUT2D eigenvalue weighted by molar-refractivity contribution is 5.13. The van der Waals surface area contributed by atoms with E-state index in [9.17, 15) is 0 Å². The smallest absolute Gasteiger partial charge is 0.0810 e. The van der Waals surface area contributed by atoms with Crippen molar-refractivity contribution in [2.75, 3.05) is 13.2 Å². The summed E-state index contributed by atoms with van der Waals surface area (Å²) in [6.07, 6.45) is 5.84. The Balaban J connectivity index is 1.47. The molecule has 0 amide bonds. The molecule has 0 radical (unpaired) electrons. The van der Waals surface area contributed by atoms with Gasteiger partial charge in [0.05, 0.1) is 25.4 Å². The van der Waals surface area contributed by atoms with Crippen molar-refractivity contribution in [3.8, 4) is 0 Å². The van der Waals surface area contributed by atoms with Gasteiger partial charge in [-0.3, -0.25) is 0 Å². The van der Waals surface area contributed by atoms with E-state index < -0.39 is 0 Å². The van der Waals surface area contributed by atoms with Gasteiger partial charge in [0.2, 0.25) is 0 Å². The topological polar surface area (TPSA) is 38.7 Å². The van der Waals surface area contributed by atoms with E-state index in [-0.39, 0.29) is 12.7 Å². The zero-order chi connectivity index (χ0) is 13.3. The highest BCUT2D eigenvalue weighted by Crippen LogP contribution is 2.23. The number of hydrogen-bond donors (Lipinski definition) is 1. The summed E-state index contributed by atoms with van der Waals surface area (Å²) < 4.78 is 11.3. The molecule has 1 heterocycles. The Bertz CT molecular complexity index is 339. The number of hydrogen-bond acceptors (Lipinski definition) is 3. The molecule has 1 aromatic rings.